The van der Waals surface area contributed by atoms with Crippen molar-refractivity contribution in [3.63, 3.8) is 0 Å². The van der Waals surface area contributed by atoms with Crippen LogP contribution in [0.15, 0.2) is 70.6 Å². The van der Waals surface area contributed by atoms with E-state index in [1.807, 2.05) is 22.7 Å². The lowest BCUT2D eigenvalue weighted by molar-refractivity contribution is 0.811. The number of aromatic nitrogens is 3. The number of hydrogen-bond donors (Lipinski definition) is 0. The first-order valence-electron chi connectivity index (χ1n) is 7.55. The molecule has 0 saturated heterocycles. The molecule has 1 aliphatic rings. The van der Waals surface area contributed by atoms with E-state index in [-0.39, 0.29) is 0 Å². The molecule has 0 radical (unpaired) electrons. The molecule has 2 aromatic heterocycles. The predicted molar refractivity (Wildman–Crippen MR) is 89.1 cm³/mol. The van der Waals surface area contributed by atoms with Crippen LogP contribution in [0.3, 0.4) is 0 Å². The number of nitrogens with zero attached hydrogens (tertiary/aromatic N) is 3. The molecule has 4 rings (SSSR count). The zero-order valence-electron chi connectivity index (χ0n) is 12.3. The Morgan fingerprint density at radius 1 is 1.14 bits per heavy atom. The fourth-order valence-electron chi connectivity index (χ4n) is 2.53. The molecule has 1 saturated carbocycles. The van der Waals surface area contributed by atoms with Crippen molar-refractivity contribution in [2.75, 3.05) is 0 Å². The lowest BCUT2D eigenvalue weighted by Crippen LogP contribution is -1.95. The summed E-state index contributed by atoms with van der Waals surface area (Å²) in [6.45, 7) is 4.18. The number of hydrogen-bond acceptors (Lipinski definition) is 3. The Morgan fingerprint density at radius 2 is 1.95 bits per heavy atom. The molecule has 22 heavy (non-hydrogen) atoms. The minimum absolute atomic E-state index is 0.699. The van der Waals surface area contributed by atoms with Crippen LogP contribution in [0.2, 0.25) is 0 Å². The highest BCUT2D eigenvalue weighted by atomic mass is 32.2. The SMILES string of the molecule is C=C(Cc1nc2cccc(Sc3ccccc3)n2n1)C1CC1. The summed E-state index contributed by atoms with van der Waals surface area (Å²) in [6, 6.07) is 16.5. The standard InChI is InChI=1S/C18H17N3S/c1-13(14-10-11-14)12-16-19-17-8-5-9-18(21(17)20-16)22-15-6-3-2-4-7-15/h2-9,14H,1,10-12H2. The Balaban J connectivity index is 1.64. The molecule has 4 heteroatoms. The summed E-state index contributed by atoms with van der Waals surface area (Å²) in [4.78, 5) is 5.85. The second kappa shape index (κ2) is 5.61. The van der Waals surface area contributed by atoms with Gasteiger partial charge in [-0.3, -0.25) is 0 Å². The second-order valence-corrected chi connectivity index (χ2v) is 6.78. The number of pyridine rings is 1. The molecule has 110 valence electrons. The fraction of sp³-hybridized carbons (Fsp3) is 0.222. The predicted octanol–water partition coefficient (Wildman–Crippen LogP) is 4.39. The van der Waals surface area contributed by atoms with Crippen molar-refractivity contribution in [2.45, 2.75) is 29.2 Å². The molecular weight excluding hydrogens is 290 g/mol. The number of rotatable bonds is 5. The van der Waals surface area contributed by atoms with Gasteiger partial charge in [-0.2, -0.15) is 0 Å². The van der Waals surface area contributed by atoms with E-state index in [1.165, 1.54) is 23.3 Å². The summed E-state index contributed by atoms with van der Waals surface area (Å²) < 4.78 is 1.94. The third-order valence-corrected chi connectivity index (χ3v) is 4.90. The highest BCUT2D eigenvalue weighted by Gasteiger charge is 2.25. The minimum Gasteiger partial charge on any atom is -0.212 e. The van der Waals surface area contributed by atoms with Crippen molar-refractivity contribution in [3.05, 3.63) is 66.5 Å². The van der Waals surface area contributed by atoms with Crippen molar-refractivity contribution >= 4 is 17.4 Å². The van der Waals surface area contributed by atoms with Crippen molar-refractivity contribution in [1.29, 1.82) is 0 Å². The van der Waals surface area contributed by atoms with Gasteiger partial charge in [0.1, 0.15) is 5.03 Å². The lowest BCUT2D eigenvalue weighted by Gasteiger charge is -2.03. The van der Waals surface area contributed by atoms with Crippen LogP contribution in [0.25, 0.3) is 5.65 Å². The zero-order valence-corrected chi connectivity index (χ0v) is 13.1. The van der Waals surface area contributed by atoms with E-state index in [1.54, 1.807) is 11.8 Å². The van der Waals surface area contributed by atoms with Crippen molar-refractivity contribution in [3.8, 4) is 0 Å². The Hall–Kier alpha value is -2.07. The van der Waals surface area contributed by atoms with E-state index >= 15 is 0 Å². The van der Waals surface area contributed by atoms with E-state index in [0.29, 0.717) is 5.92 Å². The molecule has 0 aliphatic heterocycles. The van der Waals surface area contributed by atoms with Crippen LogP contribution in [-0.2, 0) is 6.42 Å². The monoisotopic (exact) mass is 307 g/mol. The maximum Gasteiger partial charge on any atom is 0.156 e. The van der Waals surface area contributed by atoms with Crippen LogP contribution in [0.4, 0.5) is 0 Å². The summed E-state index contributed by atoms with van der Waals surface area (Å²) in [7, 11) is 0. The molecule has 3 nitrogen and oxygen atoms in total. The largest absolute Gasteiger partial charge is 0.212 e. The molecule has 0 N–H and O–H groups in total. The minimum atomic E-state index is 0.699. The van der Waals surface area contributed by atoms with Gasteiger partial charge in [0, 0.05) is 11.3 Å². The molecule has 0 bridgehead atoms. The van der Waals surface area contributed by atoms with Gasteiger partial charge >= 0.3 is 0 Å². The highest BCUT2D eigenvalue weighted by Crippen LogP contribution is 2.36. The Morgan fingerprint density at radius 3 is 2.73 bits per heavy atom. The van der Waals surface area contributed by atoms with Crippen LogP contribution in [-0.4, -0.2) is 14.6 Å². The molecule has 3 aromatic rings. The molecular formula is C18H17N3S. The highest BCUT2D eigenvalue weighted by molar-refractivity contribution is 7.99. The average molecular weight is 307 g/mol. The number of allylic oxidation sites excluding steroid dienone is 1. The smallest absolute Gasteiger partial charge is 0.156 e. The van der Waals surface area contributed by atoms with Crippen LogP contribution >= 0.6 is 11.8 Å². The normalized spacial score (nSPS) is 14.4. The molecule has 1 fully saturated rings. The van der Waals surface area contributed by atoms with Gasteiger partial charge in [-0.05, 0) is 43.0 Å². The topological polar surface area (TPSA) is 30.2 Å². The van der Waals surface area contributed by atoms with Gasteiger partial charge in [0.2, 0.25) is 0 Å². The van der Waals surface area contributed by atoms with Crippen molar-refractivity contribution in [1.82, 2.24) is 14.6 Å². The summed E-state index contributed by atoms with van der Waals surface area (Å²) >= 11 is 1.71. The van der Waals surface area contributed by atoms with Gasteiger partial charge in [-0.25, -0.2) is 9.50 Å². The lowest BCUT2D eigenvalue weighted by atomic mass is 10.1. The van der Waals surface area contributed by atoms with Gasteiger partial charge in [0.25, 0.3) is 0 Å². The van der Waals surface area contributed by atoms with Crippen molar-refractivity contribution < 1.29 is 0 Å². The Labute approximate surface area is 134 Å². The first-order chi connectivity index (χ1) is 10.8. The average Bonchev–Trinajstić information content (AvgIpc) is 3.30. The number of fused-ring (bicyclic) bond motifs is 1. The molecule has 0 unspecified atom stereocenters. The van der Waals surface area contributed by atoms with Crippen molar-refractivity contribution in [2.24, 2.45) is 5.92 Å². The van der Waals surface area contributed by atoms with Gasteiger partial charge in [0.15, 0.2) is 11.5 Å². The second-order valence-electron chi connectivity index (χ2n) is 5.69. The fourth-order valence-corrected chi connectivity index (χ4v) is 3.43. The third-order valence-electron chi connectivity index (χ3n) is 3.87. The summed E-state index contributed by atoms with van der Waals surface area (Å²) in [5, 5.41) is 5.77. The van der Waals surface area contributed by atoms with Gasteiger partial charge in [-0.15, -0.1) is 5.10 Å². The molecule has 1 aromatic carbocycles. The van der Waals surface area contributed by atoms with Crippen LogP contribution < -0.4 is 0 Å². The Kier molecular flexibility index (Phi) is 3.47. The first-order valence-corrected chi connectivity index (χ1v) is 8.36. The van der Waals surface area contributed by atoms with Gasteiger partial charge in [-0.1, -0.05) is 48.2 Å². The number of benzene rings is 1. The Bertz CT molecular complexity index is 819. The molecule has 0 atom stereocenters. The van der Waals surface area contributed by atoms with Crippen LogP contribution in [0.1, 0.15) is 18.7 Å². The van der Waals surface area contributed by atoms with Gasteiger partial charge < -0.3 is 0 Å². The summed E-state index contributed by atoms with van der Waals surface area (Å²) in [5.41, 5.74) is 2.17. The molecule has 0 amide bonds. The van der Waals surface area contributed by atoms with Crippen LogP contribution in [0.5, 0.6) is 0 Å². The molecule has 1 aliphatic carbocycles. The summed E-state index contributed by atoms with van der Waals surface area (Å²) in [6.07, 6.45) is 3.35. The van der Waals surface area contributed by atoms with E-state index in [0.717, 1.165) is 22.9 Å². The summed E-state index contributed by atoms with van der Waals surface area (Å²) in [5.74, 6) is 1.57. The molecule has 2 heterocycles. The van der Waals surface area contributed by atoms with E-state index in [4.69, 9.17) is 0 Å². The van der Waals surface area contributed by atoms with E-state index < -0.39 is 0 Å². The third kappa shape index (κ3) is 2.79. The quantitative estimate of drug-likeness (QED) is 0.655. The van der Waals surface area contributed by atoms with Crippen LogP contribution in [0, 0.1) is 5.92 Å². The van der Waals surface area contributed by atoms with Gasteiger partial charge in [0.05, 0.1) is 0 Å². The maximum absolute atomic E-state index is 4.68. The molecule has 0 spiro atoms. The zero-order chi connectivity index (χ0) is 14.9. The van der Waals surface area contributed by atoms with E-state index in [2.05, 4.69) is 47.0 Å². The van der Waals surface area contributed by atoms with E-state index in [9.17, 15) is 0 Å². The first kappa shape index (κ1) is 13.6. The maximum atomic E-state index is 4.68.